The fraction of sp³-hybridized carbons (Fsp3) is 0.333. The highest BCUT2D eigenvalue weighted by Crippen LogP contribution is 2.28. The van der Waals surface area contributed by atoms with Gasteiger partial charge in [-0.25, -0.2) is 0 Å². The Balaban J connectivity index is 2.16. The Morgan fingerprint density at radius 3 is 2.65 bits per heavy atom. The average molecular weight is 355 g/mol. The van der Waals surface area contributed by atoms with Crippen LogP contribution in [0.5, 0.6) is 5.75 Å². The van der Waals surface area contributed by atoms with E-state index in [1.54, 1.807) is 11.3 Å². The van der Waals surface area contributed by atoms with Crippen LogP contribution in [0.1, 0.15) is 18.7 Å². The minimum absolute atomic E-state index is 0.142. The predicted octanol–water partition coefficient (Wildman–Crippen LogP) is 4.52. The van der Waals surface area contributed by atoms with Crippen LogP contribution in [0.2, 0.25) is 0 Å². The molecular formula is C15H19BrN2OS. The Kier molecular flexibility index (Phi) is 4.94. The van der Waals surface area contributed by atoms with E-state index in [-0.39, 0.29) is 6.10 Å². The van der Waals surface area contributed by atoms with Crippen LogP contribution in [-0.2, 0) is 6.54 Å². The molecule has 2 aromatic rings. The number of halogens is 1. The van der Waals surface area contributed by atoms with Gasteiger partial charge in [0.1, 0.15) is 5.75 Å². The maximum atomic E-state index is 5.96. The first-order chi connectivity index (χ1) is 9.44. The molecule has 0 saturated carbocycles. The molecule has 0 aliphatic rings. The van der Waals surface area contributed by atoms with Crippen molar-refractivity contribution in [1.82, 2.24) is 0 Å². The topological polar surface area (TPSA) is 38.5 Å². The zero-order chi connectivity index (χ0) is 14.7. The molecule has 3 nitrogen and oxygen atoms in total. The lowest BCUT2D eigenvalue weighted by molar-refractivity contribution is 0.242. The quantitative estimate of drug-likeness (QED) is 0.802. The minimum atomic E-state index is 0.142. The van der Waals surface area contributed by atoms with Crippen molar-refractivity contribution in [2.75, 3.05) is 17.7 Å². The van der Waals surface area contributed by atoms with E-state index in [9.17, 15) is 0 Å². The molecule has 2 rings (SSSR count). The molecule has 0 unspecified atom stereocenters. The summed E-state index contributed by atoms with van der Waals surface area (Å²) in [7, 11) is 2.06. The molecule has 0 aliphatic heterocycles. The summed E-state index contributed by atoms with van der Waals surface area (Å²) in [4.78, 5) is 3.47. The van der Waals surface area contributed by atoms with Gasteiger partial charge in [0, 0.05) is 45.3 Å². The lowest BCUT2D eigenvalue weighted by Gasteiger charge is -2.20. The highest BCUT2D eigenvalue weighted by atomic mass is 79.9. The summed E-state index contributed by atoms with van der Waals surface area (Å²) in [5.41, 5.74) is 7.74. The second-order valence-electron chi connectivity index (χ2n) is 5.01. The van der Waals surface area contributed by atoms with Crippen LogP contribution in [0.3, 0.4) is 0 Å². The van der Waals surface area contributed by atoms with Crippen LogP contribution in [0.4, 0.5) is 11.4 Å². The maximum Gasteiger partial charge on any atom is 0.123 e. The molecule has 2 N–H and O–H groups in total. The van der Waals surface area contributed by atoms with Crippen LogP contribution in [-0.4, -0.2) is 13.2 Å². The highest BCUT2D eigenvalue weighted by molar-refractivity contribution is 9.10. The maximum absolute atomic E-state index is 5.96. The Hall–Kier alpha value is -1.20. The van der Waals surface area contributed by atoms with Gasteiger partial charge in [-0.05, 0) is 41.9 Å². The highest BCUT2D eigenvalue weighted by Gasteiger charge is 2.08. The molecule has 1 aromatic heterocycles. The Morgan fingerprint density at radius 1 is 1.30 bits per heavy atom. The number of nitrogen functional groups attached to an aromatic ring is 1. The van der Waals surface area contributed by atoms with E-state index in [4.69, 9.17) is 10.5 Å². The molecular weight excluding hydrogens is 336 g/mol. The van der Waals surface area contributed by atoms with E-state index in [1.165, 1.54) is 4.88 Å². The lowest BCUT2D eigenvalue weighted by Crippen LogP contribution is -2.16. The van der Waals surface area contributed by atoms with Crippen LogP contribution >= 0.6 is 27.3 Å². The van der Waals surface area contributed by atoms with Crippen LogP contribution in [0.25, 0.3) is 0 Å². The van der Waals surface area contributed by atoms with Crippen molar-refractivity contribution in [2.45, 2.75) is 26.5 Å². The van der Waals surface area contributed by atoms with Gasteiger partial charge >= 0.3 is 0 Å². The van der Waals surface area contributed by atoms with E-state index < -0.39 is 0 Å². The normalized spacial score (nSPS) is 10.8. The van der Waals surface area contributed by atoms with Gasteiger partial charge in [-0.3, -0.25) is 0 Å². The Labute approximate surface area is 132 Å². The first-order valence-corrected chi connectivity index (χ1v) is 8.12. The van der Waals surface area contributed by atoms with E-state index >= 15 is 0 Å². The van der Waals surface area contributed by atoms with Crippen molar-refractivity contribution < 1.29 is 4.74 Å². The summed E-state index contributed by atoms with van der Waals surface area (Å²) in [6.07, 6.45) is 0.142. The lowest BCUT2D eigenvalue weighted by atomic mass is 10.2. The molecule has 0 atom stereocenters. The first kappa shape index (κ1) is 15.2. The van der Waals surface area contributed by atoms with Gasteiger partial charge < -0.3 is 15.4 Å². The molecule has 0 bridgehead atoms. The van der Waals surface area contributed by atoms with Crippen LogP contribution < -0.4 is 15.4 Å². The minimum Gasteiger partial charge on any atom is -0.491 e. The van der Waals surface area contributed by atoms with Gasteiger partial charge in [-0.2, -0.15) is 0 Å². The van der Waals surface area contributed by atoms with E-state index in [0.717, 1.165) is 28.1 Å². The largest absolute Gasteiger partial charge is 0.491 e. The molecule has 0 spiro atoms. The molecule has 1 aromatic carbocycles. The number of thiophene rings is 1. The van der Waals surface area contributed by atoms with E-state index in [2.05, 4.69) is 39.3 Å². The van der Waals surface area contributed by atoms with Crippen molar-refractivity contribution in [3.63, 3.8) is 0 Å². The third-order valence-electron chi connectivity index (χ3n) is 2.74. The summed E-state index contributed by atoms with van der Waals surface area (Å²) in [5.74, 6) is 0.814. The molecule has 1 heterocycles. The second-order valence-corrected chi connectivity index (χ2v) is 6.93. The van der Waals surface area contributed by atoms with E-state index in [0.29, 0.717) is 0 Å². The Bertz CT molecular complexity index is 583. The monoisotopic (exact) mass is 354 g/mol. The van der Waals surface area contributed by atoms with Crippen LogP contribution in [0.15, 0.2) is 34.1 Å². The van der Waals surface area contributed by atoms with Crippen molar-refractivity contribution >= 4 is 38.6 Å². The number of benzene rings is 1. The summed E-state index contributed by atoms with van der Waals surface area (Å²) < 4.78 is 6.86. The number of nitrogens with two attached hydrogens (primary N) is 1. The predicted molar refractivity (Wildman–Crippen MR) is 90.7 cm³/mol. The number of hydrogen-bond acceptors (Lipinski definition) is 4. The van der Waals surface area contributed by atoms with Crippen molar-refractivity contribution in [3.8, 4) is 5.75 Å². The summed E-state index contributed by atoms with van der Waals surface area (Å²) in [5, 5.41) is 2.09. The molecule has 0 radical (unpaired) electrons. The molecule has 0 amide bonds. The van der Waals surface area contributed by atoms with Gasteiger partial charge in [0.25, 0.3) is 0 Å². The third-order valence-corrected chi connectivity index (χ3v) is 4.42. The first-order valence-electron chi connectivity index (χ1n) is 6.45. The number of rotatable bonds is 5. The van der Waals surface area contributed by atoms with Crippen molar-refractivity contribution in [2.24, 2.45) is 0 Å². The van der Waals surface area contributed by atoms with Gasteiger partial charge in [0.2, 0.25) is 0 Å². The van der Waals surface area contributed by atoms with E-state index in [1.807, 2.05) is 32.0 Å². The summed E-state index contributed by atoms with van der Waals surface area (Å²) in [6, 6.07) is 7.99. The number of hydrogen-bond donors (Lipinski definition) is 1. The number of ether oxygens (including phenoxy) is 1. The van der Waals surface area contributed by atoms with Gasteiger partial charge in [0.05, 0.1) is 12.6 Å². The van der Waals surface area contributed by atoms with Gasteiger partial charge in [-0.1, -0.05) is 0 Å². The van der Waals surface area contributed by atoms with Gasteiger partial charge in [0.15, 0.2) is 0 Å². The smallest absolute Gasteiger partial charge is 0.123 e. The fourth-order valence-corrected chi connectivity index (χ4v) is 3.43. The molecule has 20 heavy (non-hydrogen) atoms. The zero-order valence-corrected chi connectivity index (χ0v) is 14.3. The Morgan fingerprint density at radius 2 is 2.05 bits per heavy atom. The number of anilines is 2. The molecule has 5 heteroatoms. The molecule has 0 fully saturated rings. The van der Waals surface area contributed by atoms with Crippen molar-refractivity contribution in [1.29, 1.82) is 0 Å². The summed E-state index contributed by atoms with van der Waals surface area (Å²) in [6.45, 7) is 4.87. The zero-order valence-electron chi connectivity index (χ0n) is 11.9. The van der Waals surface area contributed by atoms with Crippen molar-refractivity contribution in [3.05, 3.63) is 39.0 Å². The number of nitrogens with zero attached hydrogens (tertiary/aromatic N) is 1. The summed E-state index contributed by atoms with van der Waals surface area (Å²) >= 11 is 5.22. The molecule has 0 saturated heterocycles. The standard InChI is InChI=1S/C15H19BrN2OS/c1-10(2)19-14-6-12(17)5-13(7-14)18(3)8-15-4-11(16)9-20-15/h4-7,9-10H,8,17H2,1-3H3. The SMILES string of the molecule is CC(C)Oc1cc(N)cc(N(C)Cc2cc(Br)cs2)c1. The average Bonchev–Trinajstić information content (AvgIpc) is 2.73. The van der Waals surface area contributed by atoms with Gasteiger partial charge in [-0.15, -0.1) is 11.3 Å². The third kappa shape index (κ3) is 4.15. The molecule has 108 valence electrons. The fourth-order valence-electron chi connectivity index (χ4n) is 1.93. The molecule has 0 aliphatic carbocycles. The van der Waals surface area contributed by atoms with Crippen LogP contribution in [0, 0.1) is 0 Å². The second kappa shape index (κ2) is 6.50.